The molecule has 1 heterocycles. The average Bonchev–Trinajstić information content (AvgIpc) is 2.85. The van der Waals surface area contributed by atoms with Gasteiger partial charge in [-0.25, -0.2) is 4.39 Å². The van der Waals surface area contributed by atoms with Crippen LogP contribution >= 0.6 is 0 Å². The van der Waals surface area contributed by atoms with Crippen molar-refractivity contribution in [3.05, 3.63) is 29.6 Å². The lowest BCUT2D eigenvalue weighted by molar-refractivity contribution is -0.121. The van der Waals surface area contributed by atoms with E-state index in [1.807, 2.05) is 0 Å². The quantitative estimate of drug-likeness (QED) is 0.893. The van der Waals surface area contributed by atoms with Crippen LogP contribution in [0.4, 0.5) is 10.1 Å². The Kier molecular flexibility index (Phi) is 4.52. The number of nitrogens with one attached hydrogen (secondary N) is 1. The summed E-state index contributed by atoms with van der Waals surface area (Å²) >= 11 is 0. The van der Waals surface area contributed by atoms with Gasteiger partial charge in [-0.1, -0.05) is 0 Å². The van der Waals surface area contributed by atoms with Crippen LogP contribution in [0.15, 0.2) is 18.2 Å². The highest BCUT2D eigenvalue weighted by Crippen LogP contribution is 2.28. The molecule has 1 saturated heterocycles. The van der Waals surface area contributed by atoms with Gasteiger partial charge >= 0.3 is 0 Å². The summed E-state index contributed by atoms with van der Waals surface area (Å²) < 4.78 is 13.5. The van der Waals surface area contributed by atoms with Crippen LogP contribution in [0.1, 0.15) is 32.8 Å². The molecule has 0 spiro atoms. The summed E-state index contributed by atoms with van der Waals surface area (Å²) in [6, 6.07) is 4.82. The number of nitrogens with zero attached hydrogens (tertiary/aromatic N) is 1. The Balaban J connectivity index is 2.17. The normalized spacial score (nSPS) is 19.0. The van der Waals surface area contributed by atoms with Gasteiger partial charge in [0.15, 0.2) is 0 Å². The molecule has 3 N–H and O–H groups in total. The Hall–Kier alpha value is -1.62. The third kappa shape index (κ3) is 4.17. The van der Waals surface area contributed by atoms with Crippen molar-refractivity contribution in [2.45, 2.75) is 39.3 Å². The standard InChI is InChI=1S/C16H24FN3O/c1-16(2,3)19-9-12-8-13(17)4-5-14(12)20-7-6-11(10-20)15(18)21/h4-5,8,11,19H,6-7,9-10H2,1-3H3,(H2,18,21). The molecule has 116 valence electrons. The van der Waals surface area contributed by atoms with Crippen LogP contribution in [0.3, 0.4) is 0 Å². The molecule has 1 aromatic rings. The van der Waals surface area contributed by atoms with Gasteiger partial charge in [-0.3, -0.25) is 4.79 Å². The van der Waals surface area contributed by atoms with E-state index >= 15 is 0 Å². The minimum atomic E-state index is -0.256. The SMILES string of the molecule is CC(C)(C)NCc1cc(F)ccc1N1CCC(C(N)=O)C1. The zero-order valence-electron chi connectivity index (χ0n) is 12.9. The molecule has 1 aromatic carbocycles. The van der Waals surface area contributed by atoms with E-state index < -0.39 is 0 Å². The summed E-state index contributed by atoms with van der Waals surface area (Å²) in [5.74, 6) is -0.609. The van der Waals surface area contributed by atoms with Crippen molar-refractivity contribution < 1.29 is 9.18 Å². The Morgan fingerprint density at radius 3 is 2.76 bits per heavy atom. The Morgan fingerprint density at radius 2 is 2.19 bits per heavy atom. The molecule has 21 heavy (non-hydrogen) atoms. The zero-order chi connectivity index (χ0) is 15.6. The van der Waals surface area contributed by atoms with Crippen LogP contribution in [-0.4, -0.2) is 24.5 Å². The maximum Gasteiger partial charge on any atom is 0.222 e. The summed E-state index contributed by atoms with van der Waals surface area (Å²) in [6.45, 7) is 8.21. The van der Waals surface area contributed by atoms with Gasteiger partial charge < -0.3 is 16.0 Å². The fourth-order valence-electron chi connectivity index (χ4n) is 2.58. The maximum absolute atomic E-state index is 13.5. The summed E-state index contributed by atoms with van der Waals surface area (Å²) in [5.41, 5.74) is 7.24. The van der Waals surface area contributed by atoms with Crippen molar-refractivity contribution in [3.8, 4) is 0 Å². The molecule has 2 rings (SSSR count). The number of benzene rings is 1. The van der Waals surface area contributed by atoms with Crippen LogP contribution in [0, 0.1) is 11.7 Å². The first-order chi connectivity index (χ1) is 9.76. The van der Waals surface area contributed by atoms with Gasteiger partial charge in [0.25, 0.3) is 0 Å². The summed E-state index contributed by atoms with van der Waals surface area (Å²) in [7, 11) is 0. The predicted molar refractivity (Wildman–Crippen MR) is 82.5 cm³/mol. The second-order valence-electron chi connectivity index (χ2n) is 6.71. The summed E-state index contributed by atoms with van der Waals surface area (Å²) in [4.78, 5) is 13.4. The van der Waals surface area contributed by atoms with Gasteiger partial charge in [-0.05, 0) is 51.0 Å². The number of halogens is 1. The van der Waals surface area contributed by atoms with E-state index in [0.717, 1.165) is 24.2 Å². The first-order valence-corrected chi connectivity index (χ1v) is 7.34. The highest BCUT2D eigenvalue weighted by atomic mass is 19.1. The molecule has 1 unspecified atom stereocenters. The van der Waals surface area contributed by atoms with Gasteiger partial charge in [0.1, 0.15) is 5.82 Å². The zero-order valence-corrected chi connectivity index (χ0v) is 12.9. The van der Waals surface area contributed by atoms with E-state index in [-0.39, 0.29) is 23.2 Å². The molecule has 1 aliphatic rings. The average molecular weight is 293 g/mol. The molecule has 0 bridgehead atoms. The lowest BCUT2D eigenvalue weighted by atomic mass is 10.1. The molecule has 1 fully saturated rings. The van der Waals surface area contributed by atoms with Crippen LogP contribution in [0.2, 0.25) is 0 Å². The van der Waals surface area contributed by atoms with Crippen molar-refractivity contribution >= 4 is 11.6 Å². The minimum Gasteiger partial charge on any atom is -0.370 e. The van der Waals surface area contributed by atoms with E-state index in [4.69, 9.17) is 5.73 Å². The van der Waals surface area contributed by atoms with E-state index in [1.54, 1.807) is 12.1 Å². The van der Waals surface area contributed by atoms with Gasteiger partial charge in [0.2, 0.25) is 5.91 Å². The lowest BCUT2D eigenvalue weighted by Crippen LogP contribution is -2.35. The first-order valence-electron chi connectivity index (χ1n) is 7.34. The number of amides is 1. The minimum absolute atomic E-state index is 0.0373. The van der Waals surface area contributed by atoms with Crippen LogP contribution in [0.25, 0.3) is 0 Å². The van der Waals surface area contributed by atoms with Crippen molar-refractivity contribution in [2.75, 3.05) is 18.0 Å². The number of rotatable bonds is 4. The molecular weight excluding hydrogens is 269 g/mol. The van der Waals surface area contributed by atoms with Crippen molar-refractivity contribution in [3.63, 3.8) is 0 Å². The van der Waals surface area contributed by atoms with Gasteiger partial charge in [0.05, 0.1) is 5.92 Å². The Morgan fingerprint density at radius 1 is 1.48 bits per heavy atom. The molecule has 0 saturated carbocycles. The molecule has 0 aliphatic carbocycles. The lowest BCUT2D eigenvalue weighted by Gasteiger charge is -2.25. The topological polar surface area (TPSA) is 58.4 Å². The smallest absolute Gasteiger partial charge is 0.222 e. The van der Waals surface area contributed by atoms with Crippen molar-refractivity contribution in [2.24, 2.45) is 11.7 Å². The van der Waals surface area contributed by atoms with Crippen LogP contribution in [0.5, 0.6) is 0 Å². The molecule has 0 aromatic heterocycles. The van der Waals surface area contributed by atoms with Crippen LogP contribution in [-0.2, 0) is 11.3 Å². The molecule has 1 atom stereocenters. The fourth-order valence-corrected chi connectivity index (χ4v) is 2.58. The largest absolute Gasteiger partial charge is 0.370 e. The molecule has 1 aliphatic heterocycles. The summed E-state index contributed by atoms with van der Waals surface area (Å²) in [6.07, 6.45) is 0.763. The van der Waals surface area contributed by atoms with Crippen molar-refractivity contribution in [1.29, 1.82) is 0 Å². The van der Waals surface area contributed by atoms with Gasteiger partial charge in [0, 0.05) is 30.9 Å². The molecule has 0 radical (unpaired) electrons. The second-order valence-corrected chi connectivity index (χ2v) is 6.71. The summed E-state index contributed by atoms with van der Waals surface area (Å²) in [5, 5.41) is 3.38. The fraction of sp³-hybridized carbons (Fsp3) is 0.562. The number of hydrogen-bond donors (Lipinski definition) is 2. The number of nitrogens with two attached hydrogens (primary N) is 1. The maximum atomic E-state index is 13.5. The predicted octanol–water partition coefficient (Wildman–Crippen LogP) is 2.03. The number of primary amides is 1. The number of anilines is 1. The van der Waals surface area contributed by atoms with Gasteiger partial charge in [-0.2, -0.15) is 0 Å². The third-order valence-electron chi connectivity index (χ3n) is 3.78. The Bertz CT molecular complexity index is 525. The van der Waals surface area contributed by atoms with E-state index in [9.17, 15) is 9.18 Å². The third-order valence-corrected chi connectivity index (χ3v) is 3.78. The molecular formula is C16H24FN3O. The molecule has 4 nitrogen and oxygen atoms in total. The van der Waals surface area contributed by atoms with Crippen molar-refractivity contribution in [1.82, 2.24) is 5.32 Å². The molecule has 1 amide bonds. The number of carbonyl (C=O) groups is 1. The highest BCUT2D eigenvalue weighted by molar-refractivity contribution is 5.78. The first kappa shape index (κ1) is 15.8. The second kappa shape index (κ2) is 6.02. The van der Waals surface area contributed by atoms with Gasteiger partial charge in [-0.15, -0.1) is 0 Å². The highest BCUT2D eigenvalue weighted by Gasteiger charge is 2.28. The van der Waals surface area contributed by atoms with Crippen LogP contribution < -0.4 is 16.0 Å². The number of hydrogen-bond acceptors (Lipinski definition) is 3. The monoisotopic (exact) mass is 293 g/mol. The molecule has 5 heteroatoms. The van der Waals surface area contributed by atoms with E-state index in [1.165, 1.54) is 6.07 Å². The van der Waals surface area contributed by atoms with E-state index in [0.29, 0.717) is 13.1 Å². The number of carbonyl (C=O) groups excluding carboxylic acids is 1. The van der Waals surface area contributed by atoms with E-state index in [2.05, 4.69) is 31.0 Å². The Labute approximate surface area is 125 Å².